The molecule has 4 nitrogen and oxygen atoms in total. The van der Waals surface area contributed by atoms with Crippen molar-refractivity contribution in [2.24, 2.45) is 0 Å². The molecule has 2 aromatic rings. The molecule has 2 rings (SSSR count). The van der Waals surface area contributed by atoms with Crippen molar-refractivity contribution in [2.45, 2.75) is 19.8 Å². The van der Waals surface area contributed by atoms with Gasteiger partial charge < -0.3 is 5.32 Å². The summed E-state index contributed by atoms with van der Waals surface area (Å²) in [4.78, 5) is 11.6. The van der Waals surface area contributed by atoms with Gasteiger partial charge in [-0.3, -0.25) is 9.89 Å². The summed E-state index contributed by atoms with van der Waals surface area (Å²) < 4.78 is 0. The van der Waals surface area contributed by atoms with Crippen LogP contribution in [0.15, 0.2) is 36.5 Å². The Labute approximate surface area is 100 Å². The zero-order chi connectivity index (χ0) is 12.1. The maximum Gasteiger partial charge on any atom is 0.225 e. The van der Waals surface area contributed by atoms with Gasteiger partial charge in [0.15, 0.2) is 0 Å². The van der Waals surface area contributed by atoms with Gasteiger partial charge in [0.05, 0.1) is 6.20 Å². The minimum atomic E-state index is -0.00393. The summed E-state index contributed by atoms with van der Waals surface area (Å²) in [6.07, 6.45) is 2.83. The van der Waals surface area contributed by atoms with E-state index in [4.69, 9.17) is 0 Å². The monoisotopic (exact) mass is 229 g/mol. The summed E-state index contributed by atoms with van der Waals surface area (Å²) in [7, 11) is 0. The molecule has 88 valence electrons. The van der Waals surface area contributed by atoms with E-state index in [9.17, 15) is 4.79 Å². The zero-order valence-corrected chi connectivity index (χ0v) is 9.73. The predicted octanol–water partition coefficient (Wildman–Crippen LogP) is 2.29. The lowest BCUT2D eigenvalue weighted by Gasteiger charge is -2.03. The van der Waals surface area contributed by atoms with Crippen molar-refractivity contribution in [1.82, 2.24) is 10.2 Å². The maximum absolute atomic E-state index is 11.6. The minimum absolute atomic E-state index is 0.00393. The summed E-state index contributed by atoms with van der Waals surface area (Å²) in [5.41, 5.74) is 2.40. The van der Waals surface area contributed by atoms with E-state index in [1.54, 1.807) is 12.3 Å². The van der Waals surface area contributed by atoms with Crippen LogP contribution >= 0.6 is 0 Å². The van der Waals surface area contributed by atoms with Gasteiger partial charge in [0.1, 0.15) is 5.82 Å². The number of nitrogens with one attached hydrogen (secondary N) is 2. The van der Waals surface area contributed by atoms with Crippen molar-refractivity contribution in [3.05, 3.63) is 47.7 Å². The van der Waals surface area contributed by atoms with Crippen LogP contribution in [0.4, 0.5) is 5.82 Å². The van der Waals surface area contributed by atoms with Crippen molar-refractivity contribution in [2.75, 3.05) is 5.32 Å². The van der Waals surface area contributed by atoms with Gasteiger partial charge in [-0.25, -0.2) is 0 Å². The van der Waals surface area contributed by atoms with Crippen LogP contribution in [0.3, 0.4) is 0 Å². The average molecular weight is 229 g/mol. The number of H-pyrrole nitrogens is 1. The van der Waals surface area contributed by atoms with Gasteiger partial charge >= 0.3 is 0 Å². The number of anilines is 1. The van der Waals surface area contributed by atoms with Crippen molar-refractivity contribution in [3.8, 4) is 0 Å². The third-order valence-corrected chi connectivity index (χ3v) is 2.50. The number of amides is 1. The van der Waals surface area contributed by atoms with Gasteiger partial charge in [-0.1, -0.05) is 29.8 Å². The molecule has 0 unspecified atom stereocenters. The number of aryl methyl sites for hydroxylation is 2. The number of aromatic nitrogens is 2. The molecular weight excluding hydrogens is 214 g/mol. The number of nitrogens with zero attached hydrogens (tertiary/aromatic N) is 1. The van der Waals surface area contributed by atoms with E-state index in [2.05, 4.69) is 21.6 Å². The Morgan fingerprint density at radius 2 is 2.29 bits per heavy atom. The van der Waals surface area contributed by atoms with E-state index in [-0.39, 0.29) is 5.91 Å². The van der Waals surface area contributed by atoms with E-state index < -0.39 is 0 Å². The Morgan fingerprint density at radius 1 is 1.41 bits per heavy atom. The molecule has 0 atom stereocenters. The number of benzene rings is 1. The van der Waals surface area contributed by atoms with E-state index in [1.165, 1.54) is 11.1 Å². The molecule has 1 heterocycles. The Kier molecular flexibility index (Phi) is 3.55. The van der Waals surface area contributed by atoms with Crippen molar-refractivity contribution in [3.63, 3.8) is 0 Å². The standard InChI is InChI=1S/C13H15N3O/c1-10-3-2-4-11(9-10)5-6-13(17)15-12-7-8-14-16-12/h2-4,7-9H,5-6H2,1H3,(H2,14,15,16,17). The number of aromatic amines is 1. The van der Waals surface area contributed by atoms with Crippen LogP contribution < -0.4 is 5.32 Å². The second-order valence-electron chi connectivity index (χ2n) is 4.01. The molecule has 0 fully saturated rings. The molecule has 1 aromatic heterocycles. The van der Waals surface area contributed by atoms with Crippen LogP contribution in [0.25, 0.3) is 0 Å². The van der Waals surface area contributed by atoms with Crippen molar-refractivity contribution in [1.29, 1.82) is 0 Å². The van der Waals surface area contributed by atoms with E-state index in [0.29, 0.717) is 12.2 Å². The number of hydrogen-bond donors (Lipinski definition) is 2. The van der Waals surface area contributed by atoms with E-state index >= 15 is 0 Å². The van der Waals surface area contributed by atoms with Crippen LogP contribution in [0.1, 0.15) is 17.5 Å². The smallest absolute Gasteiger partial charge is 0.225 e. The third kappa shape index (κ3) is 3.45. The molecule has 0 aliphatic rings. The van der Waals surface area contributed by atoms with Crippen LogP contribution in [0.2, 0.25) is 0 Å². The quantitative estimate of drug-likeness (QED) is 0.845. The molecule has 0 aliphatic carbocycles. The molecule has 1 amide bonds. The Balaban J connectivity index is 1.84. The lowest BCUT2D eigenvalue weighted by Crippen LogP contribution is -2.12. The Morgan fingerprint density at radius 3 is 3.00 bits per heavy atom. The molecule has 0 spiro atoms. The first-order valence-electron chi connectivity index (χ1n) is 5.59. The fraction of sp³-hybridized carbons (Fsp3) is 0.231. The zero-order valence-electron chi connectivity index (χ0n) is 9.73. The Hall–Kier alpha value is -2.10. The van der Waals surface area contributed by atoms with Crippen molar-refractivity contribution >= 4 is 11.7 Å². The summed E-state index contributed by atoms with van der Waals surface area (Å²) in [5, 5.41) is 9.21. The third-order valence-electron chi connectivity index (χ3n) is 2.50. The number of hydrogen-bond acceptors (Lipinski definition) is 2. The van der Waals surface area contributed by atoms with Gasteiger partial charge in [-0.15, -0.1) is 0 Å². The van der Waals surface area contributed by atoms with Gasteiger partial charge in [0.2, 0.25) is 5.91 Å². The highest BCUT2D eigenvalue weighted by atomic mass is 16.1. The molecule has 0 radical (unpaired) electrons. The highest BCUT2D eigenvalue weighted by Gasteiger charge is 2.03. The average Bonchev–Trinajstić information content (AvgIpc) is 2.79. The van der Waals surface area contributed by atoms with E-state index in [1.807, 2.05) is 25.1 Å². The second-order valence-corrected chi connectivity index (χ2v) is 4.01. The molecule has 17 heavy (non-hydrogen) atoms. The predicted molar refractivity (Wildman–Crippen MR) is 66.7 cm³/mol. The van der Waals surface area contributed by atoms with Gasteiger partial charge in [0.25, 0.3) is 0 Å². The van der Waals surface area contributed by atoms with Crippen LogP contribution in [-0.4, -0.2) is 16.1 Å². The van der Waals surface area contributed by atoms with Crippen LogP contribution in [-0.2, 0) is 11.2 Å². The molecule has 1 aromatic carbocycles. The maximum atomic E-state index is 11.6. The molecule has 0 saturated heterocycles. The highest BCUT2D eigenvalue weighted by molar-refractivity contribution is 5.89. The molecule has 4 heteroatoms. The molecule has 2 N–H and O–H groups in total. The summed E-state index contributed by atoms with van der Waals surface area (Å²) in [6, 6.07) is 9.93. The summed E-state index contributed by atoms with van der Waals surface area (Å²) in [6.45, 7) is 2.05. The van der Waals surface area contributed by atoms with Gasteiger partial charge in [-0.2, -0.15) is 5.10 Å². The first-order chi connectivity index (χ1) is 8.24. The first kappa shape index (κ1) is 11.4. The summed E-state index contributed by atoms with van der Waals surface area (Å²) in [5.74, 6) is 0.634. The highest BCUT2D eigenvalue weighted by Crippen LogP contribution is 2.07. The van der Waals surface area contributed by atoms with Crippen LogP contribution in [0, 0.1) is 6.92 Å². The minimum Gasteiger partial charge on any atom is -0.311 e. The molecule has 0 bridgehead atoms. The van der Waals surface area contributed by atoms with Crippen molar-refractivity contribution < 1.29 is 4.79 Å². The number of rotatable bonds is 4. The molecule has 0 aliphatic heterocycles. The topological polar surface area (TPSA) is 57.8 Å². The number of carbonyl (C=O) groups excluding carboxylic acids is 1. The van der Waals surface area contributed by atoms with Gasteiger partial charge in [-0.05, 0) is 18.9 Å². The normalized spacial score (nSPS) is 10.2. The lowest BCUT2D eigenvalue weighted by atomic mass is 10.1. The summed E-state index contributed by atoms with van der Waals surface area (Å²) >= 11 is 0. The van der Waals surface area contributed by atoms with Crippen LogP contribution in [0.5, 0.6) is 0 Å². The van der Waals surface area contributed by atoms with Gasteiger partial charge in [0, 0.05) is 12.5 Å². The Bertz CT molecular complexity index is 491. The second kappa shape index (κ2) is 5.30. The first-order valence-corrected chi connectivity index (χ1v) is 5.59. The molecule has 0 saturated carbocycles. The largest absolute Gasteiger partial charge is 0.311 e. The fourth-order valence-electron chi connectivity index (χ4n) is 1.66. The fourth-order valence-corrected chi connectivity index (χ4v) is 1.66. The number of carbonyl (C=O) groups is 1. The molecular formula is C13H15N3O. The SMILES string of the molecule is Cc1cccc(CCC(=O)Nc2ccn[nH]2)c1. The lowest BCUT2D eigenvalue weighted by molar-refractivity contribution is -0.116. The van der Waals surface area contributed by atoms with E-state index in [0.717, 1.165) is 6.42 Å².